The summed E-state index contributed by atoms with van der Waals surface area (Å²) in [6.07, 6.45) is 0. The van der Waals surface area contributed by atoms with E-state index in [2.05, 4.69) is 5.32 Å². The molecule has 0 aliphatic carbocycles. The minimum absolute atomic E-state index is 0.198. The van der Waals surface area contributed by atoms with Gasteiger partial charge in [0.05, 0.1) is 6.54 Å². The first-order valence-electron chi connectivity index (χ1n) is 4.47. The second-order valence-corrected chi connectivity index (χ2v) is 3.53. The monoisotopic (exact) mass is 237 g/mol. The number of rotatable bonds is 4. The van der Waals surface area contributed by atoms with Crippen molar-refractivity contribution in [2.24, 2.45) is 11.5 Å². The van der Waals surface area contributed by atoms with Gasteiger partial charge < -0.3 is 16.8 Å². The van der Waals surface area contributed by atoms with Crippen LogP contribution in [0.15, 0.2) is 24.3 Å². The minimum Gasteiger partial charge on any atom is -0.389 e. The zero-order valence-corrected chi connectivity index (χ0v) is 9.21. The fraction of sp³-hybridized carbons (Fsp3) is 0.100. The minimum atomic E-state index is -0.598. The molecule has 0 radical (unpaired) electrons. The first-order chi connectivity index (χ1) is 7.50. The molecule has 0 fully saturated rings. The van der Waals surface area contributed by atoms with Gasteiger partial charge in [-0.05, 0) is 12.1 Å². The number of nitrogens with one attached hydrogen (secondary N) is 1. The lowest BCUT2D eigenvalue weighted by Gasteiger charge is -2.04. The summed E-state index contributed by atoms with van der Waals surface area (Å²) in [5.41, 5.74) is 11.3. The Kier molecular flexibility index (Phi) is 3.96. The van der Waals surface area contributed by atoms with E-state index in [1.807, 2.05) is 0 Å². The molecular formula is C10H11N3O2S. The summed E-state index contributed by atoms with van der Waals surface area (Å²) >= 11 is 4.79. The number of carbonyl (C=O) groups excluding carboxylic acids is 2. The van der Waals surface area contributed by atoms with E-state index in [1.54, 1.807) is 24.3 Å². The second kappa shape index (κ2) is 5.22. The highest BCUT2D eigenvalue weighted by molar-refractivity contribution is 7.80. The van der Waals surface area contributed by atoms with Crippen molar-refractivity contribution >= 4 is 29.0 Å². The molecule has 0 spiro atoms. The van der Waals surface area contributed by atoms with Gasteiger partial charge in [-0.2, -0.15) is 0 Å². The Balaban J connectivity index is 2.79. The third kappa shape index (κ3) is 3.32. The van der Waals surface area contributed by atoms with Crippen LogP contribution in [0.1, 0.15) is 15.9 Å². The fourth-order valence-corrected chi connectivity index (χ4v) is 1.21. The normalized spacial score (nSPS) is 9.50. The number of benzene rings is 1. The Morgan fingerprint density at radius 2 is 1.88 bits per heavy atom. The SMILES string of the molecule is NC(=O)CNC(=O)c1cccc(C(N)=S)c1. The molecule has 84 valence electrons. The number of nitrogens with two attached hydrogens (primary N) is 2. The van der Waals surface area contributed by atoms with E-state index in [0.29, 0.717) is 11.1 Å². The van der Waals surface area contributed by atoms with Gasteiger partial charge in [-0.3, -0.25) is 9.59 Å². The smallest absolute Gasteiger partial charge is 0.251 e. The van der Waals surface area contributed by atoms with Crippen LogP contribution in [0.25, 0.3) is 0 Å². The Labute approximate surface area is 97.8 Å². The van der Waals surface area contributed by atoms with Crippen LogP contribution in [0.2, 0.25) is 0 Å². The number of carbonyl (C=O) groups is 2. The van der Waals surface area contributed by atoms with Gasteiger partial charge in [0.1, 0.15) is 4.99 Å². The molecule has 6 heteroatoms. The van der Waals surface area contributed by atoms with Crippen LogP contribution in [0, 0.1) is 0 Å². The number of primary amides is 1. The quantitative estimate of drug-likeness (QED) is 0.617. The molecule has 0 aromatic heterocycles. The summed E-state index contributed by atoms with van der Waals surface area (Å²) in [6, 6.07) is 6.51. The molecule has 0 bridgehead atoms. The van der Waals surface area contributed by atoms with E-state index >= 15 is 0 Å². The lowest BCUT2D eigenvalue weighted by atomic mass is 10.1. The van der Waals surface area contributed by atoms with Gasteiger partial charge in [0.15, 0.2) is 0 Å². The van der Waals surface area contributed by atoms with Gasteiger partial charge >= 0.3 is 0 Å². The maximum Gasteiger partial charge on any atom is 0.251 e. The molecule has 0 atom stereocenters. The van der Waals surface area contributed by atoms with Crippen molar-refractivity contribution in [3.05, 3.63) is 35.4 Å². The second-order valence-electron chi connectivity index (χ2n) is 3.09. The highest BCUT2D eigenvalue weighted by atomic mass is 32.1. The van der Waals surface area contributed by atoms with Gasteiger partial charge in [0.2, 0.25) is 5.91 Å². The highest BCUT2D eigenvalue weighted by Crippen LogP contribution is 2.04. The third-order valence-electron chi connectivity index (χ3n) is 1.83. The number of thiocarbonyl (C=S) groups is 1. The van der Waals surface area contributed by atoms with Crippen LogP contribution < -0.4 is 16.8 Å². The highest BCUT2D eigenvalue weighted by Gasteiger charge is 2.07. The van der Waals surface area contributed by atoms with E-state index in [0.717, 1.165) is 0 Å². The summed E-state index contributed by atoms with van der Waals surface area (Å²) in [7, 11) is 0. The molecule has 0 unspecified atom stereocenters. The third-order valence-corrected chi connectivity index (χ3v) is 2.07. The predicted octanol–water partition coefficient (Wildman–Crippen LogP) is -0.464. The van der Waals surface area contributed by atoms with Crippen LogP contribution in [-0.4, -0.2) is 23.3 Å². The van der Waals surface area contributed by atoms with E-state index in [1.165, 1.54) is 0 Å². The van der Waals surface area contributed by atoms with Crippen molar-refractivity contribution in [3.63, 3.8) is 0 Å². The van der Waals surface area contributed by atoms with Crippen LogP contribution in [-0.2, 0) is 4.79 Å². The van der Waals surface area contributed by atoms with E-state index in [4.69, 9.17) is 23.7 Å². The molecule has 0 saturated carbocycles. The largest absolute Gasteiger partial charge is 0.389 e. The molecule has 0 aliphatic heterocycles. The number of hydrogen-bond acceptors (Lipinski definition) is 3. The molecule has 0 saturated heterocycles. The van der Waals surface area contributed by atoms with Crippen molar-refractivity contribution in [1.82, 2.24) is 5.32 Å². The predicted molar refractivity (Wildman–Crippen MR) is 63.9 cm³/mol. The first kappa shape index (κ1) is 12.1. The Bertz CT molecular complexity index is 445. The van der Waals surface area contributed by atoms with Crippen molar-refractivity contribution < 1.29 is 9.59 Å². The molecule has 1 aromatic carbocycles. The fourth-order valence-electron chi connectivity index (χ4n) is 1.08. The Morgan fingerprint density at radius 3 is 2.44 bits per heavy atom. The summed E-state index contributed by atoms with van der Waals surface area (Å²) in [4.78, 5) is 22.2. The topological polar surface area (TPSA) is 98.2 Å². The number of amides is 2. The van der Waals surface area contributed by atoms with E-state index in [-0.39, 0.29) is 11.5 Å². The maximum absolute atomic E-state index is 11.5. The van der Waals surface area contributed by atoms with Crippen LogP contribution >= 0.6 is 12.2 Å². The maximum atomic E-state index is 11.5. The molecule has 2 amide bonds. The van der Waals surface area contributed by atoms with Crippen LogP contribution in [0.5, 0.6) is 0 Å². The van der Waals surface area contributed by atoms with Gasteiger partial charge in [0, 0.05) is 11.1 Å². The summed E-state index contributed by atoms with van der Waals surface area (Å²) in [5.74, 6) is -0.990. The molecule has 5 nitrogen and oxygen atoms in total. The first-order valence-corrected chi connectivity index (χ1v) is 4.88. The molecule has 16 heavy (non-hydrogen) atoms. The Hall–Kier alpha value is -1.95. The van der Waals surface area contributed by atoms with Crippen molar-refractivity contribution in [2.45, 2.75) is 0 Å². The zero-order valence-electron chi connectivity index (χ0n) is 8.40. The molecule has 1 rings (SSSR count). The summed E-state index contributed by atoms with van der Waals surface area (Å²) < 4.78 is 0. The van der Waals surface area contributed by atoms with Gasteiger partial charge in [-0.1, -0.05) is 24.4 Å². The van der Waals surface area contributed by atoms with E-state index < -0.39 is 11.8 Å². The van der Waals surface area contributed by atoms with Gasteiger partial charge in [-0.15, -0.1) is 0 Å². The summed E-state index contributed by atoms with van der Waals surface area (Å²) in [5, 5.41) is 2.37. The average Bonchev–Trinajstić information content (AvgIpc) is 2.26. The van der Waals surface area contributed by atoms with E-state index in [9.17, 15) is 9.59 Å². The van der Waals surface area contributed by atoms with Crippen LogP contribution in [0.4, 0.5) is 0 Å². The molecule has 0 heterocycles. The lowest BCUT2D eigenvalue weighted by Crippen LogP contribution is -2.33. The average molecular weight is 237 g/mol. The van der Waals surface area contributed by atoms with Gasteiger partial charge in [0.25, 0.3) is 5.91 Å². The molecule has 5 N–H and O–H groups in total. The molecule has 1 aromatic rings. The van der Waals surface area contributed by atoms with Crippen molar-refractivity contribution in [1.29, 1.82) is 0 Å². The van der Waals surface area contributed by atoms with Crippen molar-refractivity contribution in [3.8, 4) is 0 Å². The van der Waals surface area contributed by atoms with Crippen molar-refractivity contribution in [2.75, 3.05) is 6.54 Å². The standard InChI is InChI=1S/C10H11N3O2S/c11-8(14)5-13-10(15)7-3-1-2-6(4-7)9(12)16/h1-4H,5H2,(H2,11,14)(H2,12,16)(H,13,15). The lowest BCUT2D eigenvalue weighted by molar-refractivity contribution is -0.117. The summed E-state index contributed by atoms with van der Waals surface area (Å²) in [6.45, 7) is -0.198. The van der Waals surface area contributed by atoms with Crippen LogP contribution in [0.3, 0.4) is 0 Å². The molecule has 0 aliphatic rings. The van der Waals surface area contributed by atoms with Gasteiger partial charge in [-0.25, -0.2) is 0 Å². The molecular weight excluding hydrogens is 226 g/mol. The Morgan fingerprint density at radius 1 is 1.25 bits per heavy atom. The zero-order chi connectivity index (χ0) is 12.1. The number of hydrogen-bond donors (Lipinski definition) is 3.